The van der Waals surface area contributed by atoms with Gasteiger partial charge in [-0.25, -0.2) is 4.79 Å². The zero-order valence-corrected chi connectivity index (χ0v) is 13.4. The molecule has 0 unspecified atom stereocenters. The molecular formula is C18H20N2O4. The van der Waals surface area contributed by atoms with E-state index >= 15 is 0 Å². The number of rotatable bonds is 5. The molecule has 1 atom stereocenters. The maximum Gasteiger partial charge on any atom is 0.315 e. The summed E-state index contributed by atoms with van der Waals surface area (Å²) in [7, 11) is 0. The molecule has 1 aliphatic rings. The van der Waals surface area contributed by atoms with E-state index in [0.717, 1.165) is 16.9 Å². The van der Waals surface area contributed by atoms with Gasteiger partial charge in [-0.3, -0.25) is 0 Å². The minimum absolute atomic E-state index is 0.0219. The number of aromatic hydroxyl groups is 1. The topological polar surface area (TPSA) is 79.8 Å². The first-order valence-corrected chi connectivity index (χ1v) is 7.81. The van der Waals surface area contributed by atoms with Gasteiger partial charge in [-0.1, -0.05) is 18.2 Å². The zero-order chi connectivity index (χ0) is 16.9. The summed E-state index contributed by atoms with van der Waals surface area (Å²) in [5.41, 5.74) is 2.00. The molecule has 6 nitrogen and oxygen atoms in total. The number of carbonyl (C=O) groups is 1. The Labute approximate surface area is 140 Å². The Kier molecular flexibility index (Phi) is 4.74. The number of fused-ring (bicyclic) bond motifs is 1. The second-order valence-electron chi connectivity index (χ2n) is 5.79. The predicted octanol–water partition coefficient (Wildman–Crippen LogP) is 2.55. The van der Waals surface area contributed by atoms with Crippen molar-refractivity contribution >= 4 is 6.03 Å². The molecule has 1 heterocycles. The molecule has 0 saturated carbocycles. The van der Waals surface area contributed by atoms with Gasteiger partial charge < -0.3 is 25.2 Å². The largest absolute Gasteiger partial charge is 0.508 e. The van der Waals surface area contributed by atoms with Gasteiger partial charge in [0, 0.05) is 12.6 Å². The third-order valence-electron chi connectivity index (χ3n) is 3.75. The quantitative estimate of drug-likeness (QED) is 0.788. The van der Waals surface area contributed by atoms with Crippen LogP contribution in [0.1, 0.15) is 18.1 Å². The van der Waals surface area contributed by atoms with Crippen LogP contribution in [0.3, 0.4) is 0 Å². The van der Waals surface area contributed by atoms with E-state index < -0.39 is 0 Å². The molecule has 6 heteroatoms. The maximum absolute atomic E-state index is 12.0. The van der Waals surface area contributed by atoms with Gasteiger partial charge in [0.1, 0.15) is 5.75 Å². The van der Waals surface area contributed by atoms with Crippen molar-refractivity contribution in [2.24, 2.45) is 0 Å². The average molecular weight is 328 g/mol. The fourth-order valence-electron chi connectivity index (χ4n) is 2.54. The summed E-state index contributed by atoms with van der Waals surface area (Å²) in [5, 5.41) is 15.0. The highest BCUT2D eigenvalue weighted by Crippen LogP contribution is 2.32. The molecule has 24 heavy (non-hydrogen) atoms. The number of ether oxygens (including phenoxy) is 2. The lowest BCUT2D eigenvalue weighted by atomic mass is 10.1. The highest BCUT2D eigenvalue weighted by molar-refractivity contribution is 5.74. The molecule has 2 amide bonds. The Morgan fingerprint density at radius 1 is 1.12 bits per heavy atom. The molecule has 2 aromatic carbocycles. The van der Waals surface area contributed by atoms with E-state index in [1.807, 2.05) is 37.3 Å². The molecule has 0 aliphatic carbocycles. The summed E-state index contributed by atoms with van der Waals surface area (Å²) in [6.07, 6.45) is 0.692. The van der Waals surface area contributed by atoms with E-state index in [-0.39, 0.29) is 24.6 Å². The van der Waals surface area contributed by atoms with Gasteiger partial charge in [-0.15, -0.1) is 0 Å². The predicted molar refractivity (Wildman–Crippen MR) is 89.2 cm³/mol. The van der Waals surface area contributed by atoms with E-state index in [2.05, 4.69) is 10.6 Å². The van der Waals surface area contributed by atoms with Crippen LogP contribution in [0.15, 0.2) is 42.5 Å². The summed E-state index contributed by atoms with van der Waals surface area (Å²) in [6.45, 7) is 2.59. The Morgan fingerprint density at radius 2 is 1.83 bits per heavy atom. The van der Waals surface area contributed by atoms with E-state index in [0.29, 0.717) is 18.7 Å². The molecule has 0 bridgehead atoms. The second-order valence-corrected chi connectivity index (χ2v) is 5.79. The first-order chi connectivity index (χ1) is 11.6. The van der Waals surface area contributed by atoms with Crippen LogP contribution in [0.4, 0.5) is 4.79 Å². The molecule has 0 aromatic heterocycles. The number of hydrogen-bond donors (Lipinski definition) is 3. The highest BCUT2D eigenvalue weighted by atomic mass is 16.7. The van der Waals surface area contributed by atoms with Crippen molar-refractivity contribution in [1.29, 1.82) is 0 Å². The summed E-state index contributed by atoms with van der Waals surface area (Å²) < 4.78 is 10.6. The number of benzene rings is 2. The zero-order valence-electron chi connectivity index (χ0n) is 13.4. The average Bonchev–Trinajstić information content (AvgIpc) is 3.02. The first-order valence-electron chi connectivity index (χ1n) is 7.81. The third-order valence-corrected chi connectivity index (χ3v) is 3.75. The standard InChI is InChI=1S/C18H20N2O4/c1-12(8-13-2-5-15(21)6-3-13)20-18(22)19-10-14-4-7-16-17(9-14)24-11-23-16/h2-7,9,12,21H,8,10-11H2,1H3,(H2,19,20,22)/t12-/m1/s1. The SMILES string of the molecule is C[C@H](Cc1ccc(O)cc1)NC(=O)NCc1ccc2c(c1)OCO2. The van der Waals surface area contributed by atoms with Crippen LogP contribution in [-0.4, -0.2) is 24.0 Å². The van der Waals surface area contributed by atoms with Crippen LogP contribution in [0.2, 0.25) is 0 Å². The van der Waals surface area contributed by atoms with Crippen LogP contribution in [0.5, 0.6) is 17.2 Å². The van der Waals surface area contributed by atoms with Gasteiger partial charge in [0.2, 0.25) is 6.79 Å². The van der Waals surface area contributed by atoms with Crippen LogP contribution in [-0.2, 0) is 13.0 Å². The van der Waals surface area contributed by atoms with Crippen LogP contribution in [0.25, 0.3) is 0 Å². The number of carbonyl (C=O) groups excluding carboxylic acids is 1. The number of urea groups is 1. The second kappa shape index (κ2) is 7.12. The van der Waals surface area contributed by atoms with Crippen LogP contribution >= 0.6 is 0 Å². The lowest BCUT2D eigenvalue weighted by Gasteiger charge is -2.15. The van der Waals surface area contributed by atoms with E-state index in [4.69, 9.17) is 9.47 Å². The number of amides is 2. The van der Waals surface area contributed by atoms with Gasteiger partial charge in [-0.2, -0.15) is 0 Å². The number of nitrogens with one attached hydrogen (secondary N) is 2. The molecule has 1 aliphatic heterocycles. The van der Waals surface area contributed by atoms with Gasteiger partial charge in [0.05, 0.1) is 0 Å². The van der Waals surface area contributed by atoms with E-state index in [1.54, 1.807) is 12.1 Å². The van der Waals surface area contributed by atoms with Crippen molar-refractivity contribution in [2.45, 2.75) is 25.9 Å². The molecule has 0 saturated heterocycles. The molecule has 0 radical (unpaired) electrons. The number of phenols is 1. The van der Waals surface area contributed by atoms with E-state index in [9.17, 15) is 9.90 Å². The monoisotopic (exact) mass is 328 g/mol. The minimum Gasteiger partial charge on any atom is -0.508 e. The number of phenolic OH excluding ortho intramolecular Hbond substituents is 1. The van der Waals surface area contributed by atoms with Crippen molar-refractivity contribution in [2.75, 3.05) is 6.79 Å². The van der Waals surface area contributed by atoms with Crippen molar-refractivity contribution < 1.29 is 19.4 Å². The van der Waals surface area contributed by atoms with Gasteiger partial charge >= 0.3 is 6.03 Å². The molecule has 3 rings (SSSR count). The minimum atomic E-state index is -0.223. The summed E-state index contributed by atoms with van der Waals surface area (Å²) in [6, 6.07) is 12.3. The smallest absolute Gasteiger partial charge is 0.315 e. The molecular weight excluding hydrogens is 308 g/mol. The maximum atomic E-state index is 12.0. The molecule has 0 fully saturated rings. The fourth-order valence-corrected chi connectivity index (χ4v) is 2.54. The summed E-state index contributed by atoms with van der Waals surface area (Å²) >= 11 is 0. The van der Waals surface area contributed by atoms with Crippen molar-refractivity contribution in [3.05, 3.63) is 53.6 Å². The Bertz CT molecular complexity index is 715. The van der Waals surface area contributed by atoms with E-state index in [1.165, 1.54) is 0 Å². The van der Waals surface area contributed by atoms with Gasteiger partial charge in [-0.05, 0) is 48.7 Å². The fraction of sp³-hybridized carbons (Fsp3) is 0.278. The number of hydrogen-bond acceptors (Lipinski definition) is 4. The van der Waals surface area contributed by atoms with Gasteiger partial charge in [0.25, 0.3) is 0 Å². The Balaban J connectivity index is 1.46. The van der Waals surface area contributed by atoms with Crippen molar-refractivity contribution in [3.8, 4) is 17.2 Å². The molecule has 126 valence electrons. The first kappa shape index (κ1) is 16.0. The lowest BCUT2D eigenvalue weighted by molar-refractivity contribution is 0.174. The van der Waals surface area contributed by atoms with Crippen LogP contribution < -0.4 is 20.1 Å². The highest BCUT2D eigenvalue weighted by Gasteiger charge is 2.13. The molecule has 2 aromatic rings. The lowest BCUT2D eigenvalue weighted by Crippen LogP contribution is -2.41. The van der Waals surface area contributed by atoms with Crippen molar-refractivity contribution in [1.82, 2.24) is 10.6 Å². The Morgan fingerprint density at radius 3 is 2.62 bits per heavy atom. The summed E-state index contributed by atoms with van der Waals surface area (Å²) in [5.74, 6) is 1.67. The third kappa shape index (κ3) is 4.10. The molecule has 3 N–H and O–H groups in total. The van der Waals surface area contributed by atoms with Crippen molar-refractivity contribution in [3.63, 3.8) is 0 Å². The normalized spacial score (nSPS) is 13.4. The Hall–Kier alpha value is -2.89. The summed E-state index contributed by atoms with van der Waals surface area (Å²) in [4.78, 5) is 12.0. The molecule has 0 spiro atoms. The van der Waals surface area contributed by atoms with Crippen LogP contribution in [0, 0.1) is 0 Å². The van der Waals surface area contributed by atoms with Gasteiger partial charge in [0.15, 0.2) is 11.5 Å².